The molecule has 69 heavy (non-hydrogen) atoms. The van der Waals surface area contributed by atoms with Crippen LogP contribution < -0.4 is 10.6 Å². The van der Waals surface area contributed by atoms with Crippen LogP contribution in [0.15, 0.2) is 0 Å². The van der Waals surface area contributed by atoms with E-state index < -0.39 is 0 Å². The molecular weight excluding hydrogens is 861 g/mol. The molecule has 10 nitrogen and oxygen atoms in total. The van der Waals surface area contributed by atoms with E-state index in [-0.39, 0.29) is 24.3 Å². The van der Waals surface area contributed by atoms with Gasteiger partial charge in [-0.1, -0.05) is 168 Å². The second kappa shape index (κ2) is 42.8. The lowest BCUT2D eigenvalue weighted by atomic mass is 9.76. The second-order valence-electron chi connectivity index (χ2n) is 23.4. The number of amides is 2. The van der Waals surface area contributed by atoms with E-state index in [1.807, 2.05) is 0 Å². The molecule has 2 N–H and O–H groups in total. The molecule has 2 fully saturated rings. The van der Waals surface area contributed by atoms with Gasteiger partial charge in [-0.15, -0.1) is 0 Å². The molecule has 2 saturated carbocycles. The minimum Gasteiger partial charge on any atom is -0.447 e. The number of nitrogens with zero attached hydrogens (tertiary/aromatic N) is 2. The highest BCUT2D eigenvalue weighted by Gasteiger charge is 2.28. The minimum absolute atomic E-state index is 0.202. The van der Waals surface area contributed by atoms with E-state index in [1.54, 1.807) is 0 Å². The van der Waals surface area contributed by atoms with Gasteiger partial charge in [-0.05, 0) is 95.3 Å². The van der Waals surface area contributed by atoms with Crippen LogP contribution in [0.1, 0.15) is 251 Å². The third-order valence-corrected chi connectivity index (χ3v) is 15.8. The molecule has 0 aliphatic heterocycles. The van der Waals surface area contributed by atoms with Gasteiger partial charge in [-0.25, -0.2) is 9.59 Å². The number of likely N-dealkylation sites (N-methyl/N-ethyl adjacent to an activating group) is 2. The van der Waals surface area contributed by atoms with Crippen LogP contribution in [-0.4, -0.2) is 127 Å². The second-order valence-corrected chi connectivity index (χ2v) is 23.4. The van der Waals surface area contributed by atoms with Crippen molar-refractivity contribution < 1.29 is 37.5 Å². The van der Waals surface area contributed by atoms with Crippen LogP contribution in [0.2, 0.25) is 0 Å². The highest BCUT2D eigenvalue weighted by Crippen LogP contribution is 2.35. The molecule has 2 aliphatic carbocycles. The minimum atomic E-state index is -0.308. The number of hydrogen-bond acceptors (Lipinski definition) is 6. The molecule has 0 atom stereocenters. The number of hydrogen-bond donors (Lipinski definition) is 2. The van der Waals surface area contributed by atoms with Crippen molar-refractivity contribution in [3.05, 3.63) is 0 Å². The molecule has 10 heteroatoms. The van der Waals surface area contributed by atoms with Gasteiger partial charge >= 0.3 is 12.2 Å². The molecule has 0 radical (unpaired) electrons. The molecule has 0 aromatic carbocycles. The summed E-state index contributed by atoms with van der Waals surface area (Å²) in [6.07, 6.45) is 48.4. The first-order valence-corrected chi connectivity index (χ1v) is 30.2. The van der Waals surface area contributed by atoms with Crippen LogP contribution in [0.3, 0.4) is 0 Å². The fourth-order valence-electron chi connectivity index (χ4n) is 10.9. The molecule has 2 aliphatic rings. The average molecular weight is 980 g/mol. The summed E-state index contributed by atoms with van der Waals surface area (Å²) in [7, 11) is 9.20. The SMILES string of the molecule is CCCCCCCCCCCCCCCC[N+](C)(C)CCOCCOC(=O)NC1CCC(CC2CCC(NC(=O)OCCOCC[N+](C)(C)CCCCCCCCCCCCCCCC)CC2)CC1. The highest BCUT2D eigenvalue weighted by atomic mass is 16.6. The zero-order valence-corrected chi connectivity index (χ0v) is 46.9. The molecule has 0 saturated heterocycles. The standard InChI is InChI=1S/C59H116N4O6/c1-7-9-11-13-15-17-19-21-23-25-27-29-31-33-43-62(3,4)45-47-66-49-51-68-58(64)60-56-39-35-54(36-40-56)53-55-37-41-57(42-38-55)61-59(65)69-52-50-67-48-46-63(5,6)44-34-32-30-28-26-24-22-20-18-16-14-12-10-8-2/h54-57H,7-53H2,1-6H3/p+2. The van der Waals surface area contributed by atoms with Crippen LogP contribution in [0, 0.1) is 11.8 Å². The van der Waals surface area contributed by atoms with Gasteiger partial charge in [0.1, 0.15) is 26.3 Å². The van der Waals surface area contributed by atoms with Crippen LogP contribution >= 0.6 is 0 Å². The summed E-state index contributed by atoms with van der Waals surface area (Å²) in [6, 6.07) is 0.405. The molecule has 0 unspecified atom stereocenters. The third kappa shape index (κ3) is 38.6. The number of ether oxygens (including phenoxy) is 4. The zero-order valence-electron chi connectivity index (χ0n) is 46.9. The van der Waals surface area contributed by atoms with Crippen molar-refractivity contribution in [3.63, 3.8) is 0 Å². The van der Waals surface area contributed by atoms with E-state index in [0.29, 0.717) is 39.6 Å². The summed E-state index contributed by atoms with van der Waals surface area (Å²) in [6.45, 7) is 11.8. The van der Waals surface area contributed by atoms with Gasteiger partial charge in [-0.2, -0.15) is 0 Å². The Labute approximate surface area is 428 Å². The summed E-state index contributed by atoms with van der Waals surface area (Å²) in [5.41, 5.74) is 0. The number of unbranched alkanes of at least 4 members (excludes halogenated alkanes) is 26. The van der Waals surface area contributed by atoms with E-state index in [0.717, 1.165) is 85.3 Å². The quantitative estimate of drug-likeness (QED) is 0.0466. The van der Waals surface area contributed by atoms with Crippen molar-refractivity contribution in [2.45, 2.75) is 264 Å². The van der Waals surface area contributed by atoms with Crippen molar-refractivity contribution in [3.8, 4) is 0 Å². The van der Waals surface area contributed by atoms with E-state index >= 15 is 0 Å². The van der Waals surface area contributed by atoms with Crippen LogP contribution in [0.5, 0.6) is 0 Å². The van der Waals surface area contributed by atoms with Crippen LogP contribution in [0.25, 0.3) is 0 Å². The fourth-order valence-corrected chi connectivity index (χ4v) is 10.9. The molecule has 2 amide bonds. The normalized spacial score (nSPS) is 18.9. The molecule has 0 aromatic rings. The lowest BCUT2D eigenvalue weighted by Crippen LogP contribution is -2.43. The van der Waals surface area contributed by atoms with E-state index in [2.05, 4.69) is 52.7 Å². The number of carbonyl (C=O) groups is 2. The maximum absolute atomic E-state index is 12.5. The highest BCUT2D eigenvalue weighted by molar-refractivity contribution is 5.67. The Kier molecular flexibility index (Phi) is 39.4. The lowest BCUT2D eigenvalue weighted by molar-refractivity contribution is -0.891. The van der Waals surface area contributed by atoms with E-state index in [4.69, 9.17) is 18.9 Å². The van der Waals surface area contributed by atoms with Crippen LogP contribution in [0.4, 0.5) is 9.59 Å². The Hall–Kier alpha value is -1.62. The molecule has 0 bridgehead atoms. The number of nitrogens with one attached hydrogen (secondary N) is 2. The first-order valence-electron chi connectivity index (χ1n) is 30.2. The Bertz CT molecular complexity index is 1080. The first-order chi connectivity index (χ1) is 33.5. The average Bonchev–Trinajstić information content (AvgIpc) is 3.32. The smallest absolute Gasteiger partial charge is 0.407 e. The van der Waals surface area contributed by atoms with Crippen molar-refractivity contribution in [2.75, 3.05) is 94.0 Å². The summed E-state index contributed by atoms with van der Waals surface area (Å²) in [5, 5.41) is 6.23. The van der Waals surface area contributed by atoms with Gasteiger partial charge < -0.3 is 38.5 Å². The van der Waals surface area contributed by atoms with Gasteiger partial charge in [0.2, 0.25) is 0 Å². The van der Waals surface area contributed by atoms with E-state index in [9.17, 15) is 9.59 Å². The maximum atomic E-state index is 12.5. The number of rotatable bonds is 46. The molecule has 2 rings (SSSR count). The largest absolute Gasteiger partial charge is 0.447 e. The van der Waals surface area contributed by atoms with E-state index in [1.165, 1.54) is 199 Å². The Morgan fingerprint density at radius 2 is 0.638 bits per heavy atom. The predicted molar refractivity (Wildman–Crippen MR) is 291 cm³/mol. The van der Waals surface area contributed by atoms with Gasteiger partial charge in [0.25, 0.3) is 0 Å². The molecular formula is C59H118N4O6+2. The van der Waals surface area contributed by atoms with Crippen molar-refractivity contribution >= 4 is 12.2 Å². The molecule has 408 valence electrons. The predicted octanol–water partition coefficient (Wildman–Crippen LogP) is 15.1. The summed E-state index contributed by atoms with van der Waals surface area (Å²) >= 11 is 0. The third-order valence-electron chi connectivity index (χ3n) is 15.8. The first kappa shape index (κ1) is 63.5. The Morgan fingerprint density at radius 1 is 0.362 bits per heavy atom. The summed E-state index contributed by atoms with van der Waals surface area (Å²) in [4.78, 5) is 25.0. The summed E-state index contributed by atoms with van der Waals surface area (Å²) in [5.74, 6) is 1.44. The monoisotopic (exact) mass is 979 g/mol. The van der Waals surface area contributed by atoms with Gasteiger partial charge in [0, 0.05) is 12.1 Å². The molecule has 0 heterocycles. The Balaban J connectivity index is 1.36. The van der Waals surface area contributed by atoms with Crippen LogP contribution in [-0.2, 0) is 18.9 Å². The number of alkyl carbamates (subject to hydrolysis) is 2. The van der Waals surface area contributed by atoms with Crippen molar-refractivity contribution in [1.29, 1.82) is 0 Å². The zero-order chi connectivity index (χ0) is 49.9. The van der Waals surface area contributed by atoms with Crippen molar-refractivity contribution in [2.24, 2.45) is 11.8 Å². The number of quaternary nitrogens is 2. The lowest BCUT2D eigenvalue weighted by Gasteiger charge is -2.34. The topological polar surface area (TPSA) is 95.1 Å². The summed E-state index contributed by atoms with van der Waals surface area (Å²) < 4.78 is 24.6. The maximum Gasteiger partial charge on any atom is 0.407 e. The molecule has 0 spiro atoms. The van der Waals surface area contributed by atoms with Gasteiger partial charge in [-0.3, -0.25) is 0 Å². The van der Waals surface area contributed by atoms with Gasteiger partial charge in [0.15, 0.2) is 0 Å². The number of carbonyl (C=O) groups excluding carboxylic acids is 2. The van der Waals surface area contributed by atoms with Crippen molar-refractivity contribution in [1.82, 2.24) is 10.6 Å². The molecule has 0 aromatic heterocycles. The Morgan fingerprint density at radius 3 is 0.928 bits per heavy atom. The van der Waals surface area contributed by atoms with Gasteiger partial charge in [0.05, 0.1) is 67.7 Å². The fraction of sp³-hybridized carbons (Fsp3) is 0.966.